The number of nitrogens with zero attached hydrogens (tertiary/aromatic N) is 2. The van der Waals surface area contributed by atoms with E-state index in [0.29, 0.717) is 0 Å². The maximum absolute atomic E-state index is 8.89. The van der Waals surface area contributed by atoms with Crippen LogP contribution in [0.4, 0.5) is 0 Å². The Morgan fingerprint density at radius 3 is 2.59 bits per heavy atom. The van der Waals surface area contributed by atoms with Crippen molar-refractivity contribution in [3.63, 3.8) is 0 Å². The molecule has 4 nitrogen and oxygen atoms in total. The van der Waals surface area contributed by atoms with Crippen molar-refractivity contribution in [3.8, 4) is 0 Å². The molecular formula is C13H16N2O2. The number of para-hydroxylation sites is 2. The number of aromatic nitrogens is 2. The van der Waals surface area contributed by atoms with Gasteiger partial charge in [0.15, 0.2) is 11.0 Å². The normalized spacial score (nSPS) is 10.3. The number of imidazole rings is 1. The van der Waals surface area contributed by atoms with Crippen LogP contribution in [0.25, 0.3) is 17.2 Å². The van der Waals surface area contributed by atoms with E-state index in [1.807, 2.05) is 13.0 Å². The second-order valence-corrected chi connectivity index (χ2v) is 3.60. The van der Waals surface area contributed by atoms with Crippen LogP contribution in [-0.2, 0) is 11.8 Å². The van der Waals surface area contributed by atoms with Gasteiger partial charge in [-0.2, -0.15) is 0 Å². The van der Waals surface area contributed by atoms with Crippen LogP contribution < -0.4 is 9.67 Å². The number of hydrogen-bond donors (Lipinski definition) is 0. The van der Waals surface area contributed by atoms with Crippen LogP contribution in [0.5, 0.6) is 0 Å². The minimum Gasteiger partial charge on any atom is -0.550 e. The third-order valence-corrected chi connectivity index (χ3v) is 2.15. The van der Waals surface area contributed by atoms with E-state index >= 15 is 0 Å². The number of aliphatic carboxylic acids is 1. The third kappa shape index (κ3) is 3.45. The number of aryl methyl sites for hydroxylation is 1. The molecule has 0 saturated heterocycles. The zero-order valence-corrected chi connectivity index (χ0v) is 10.3. The highest BCUT2D eigenvalue weighted by Crippen LogP contribution is 2.09. The summed E-state index contributed by atoms with van der Waals surface area (Å²) in [5.41, 5.74) is 2.49. The number of carbonyl (C=O) groups excluding carboxylic acids is 1. The van der Waals surface area contributed by atoms with E-state index in [9.17, 15) is 0 Å². The molecule has 0 atom stereocenters. The van der Waals surface area contributed by atoms with Crippen LogP contribution in [0.1, 0.15) is 13.8 Å². The second-order valence-electron chi connectivity index (χ2n) is 3.60. The lowest BCUT2D eigenvalue weighted by molar-refractivity contribution is -0.645. The first-order chi connectivity index (χ1) is 8.06. The number of hydrogen-bond acceptors (Lipinski definition) is 2. The fourth-order valence-electron chi connectivity index (χ4n) is 1.57. The number of rotatable bonds is 1. The van der Waals surface area contributed by atoms with Gasteiger partial charge in [-0.05, 0) is 32.1 Å². The standard InChI is InChI=1S/C11H13N2.C2H4O2/c1-3-8-13-9-12(2)10-6-4-5-7-11(10)13;1-2(3)4/h3-9H,1-2H3;1H3,(H,3,4)/q+1;/p-1. The van der Waals surface area contributed by atoms with E-state index in [-0.39, 0.29) is 0 Å². The van der Waals surface area contributed by atoms with Crippen LogP contribution in [0.2, 0.25) is 0 Å². The van der Waals surface area contributed by atoms with Gasteiger partial charge >= 0.3 is 0 Å². The quantitative estimate of drug-likeness (QED) is 0.680. The number of fused-ring (bicyclic) bond motifs is 1. The van der Waals surface area contributed by atoms with Gasteiger partial charge < -0.3 is 9.90 Å². The minimum absolute atomic E-state index is 0.972. The molecule has 0 amide bonds. The lowest BCUT2D eigenvalue weighted by Crippen LogP contribution is -2.25. The van der Waals surface area contributed by atoms with Crippen molar-refractivity contribution >= 4 is 23.2 Å². The summed E-state index contributed by atoms with van der Waals surface area (Å²) in [4.78, 5) is 8.89. The smallest absolute Gasteiger partial charge is 0.249 e. The maximum atomic E-state index is 8.89. The van der Waals surface area contributed by atoms with Gasteiger partial charge in [0.05, 0.1) is 13.2 Å². The van der Waals surface area contributed by atoms with E-state index in [1.165, 1.54) is 11.0 Å². The Morgan fingerprint density at radius 1 is 1.41 bits per heavy atom. The van der Waals surface area contributed by atoms with Crippen molar-refractivity contribution in [2.24, 2.45) is 7.05 Å². The van der Waals surface area contributed by atoms with E-state index in [0.717, 1.165) is 6.92 Å². The highest BCUT2D eigenvalue weighted by Gasteiger charge is 2.08. The summed E-state index contributed by atoms with van der Waals surface area (Å²) in [5, 5.41) is 8.89. The predicted molar refractivity (Wildman–Crippen MR) is 64.8 cm³/mol. The van der Waals surface area contributed by atoms with E-state index in [1.54, 1.807) is 0 Å². The topological polar surface area (TPSA) is 48.9 Å². The lowest BCUT2D eigenvalue weighted by atomic mass is 10.3. The molecule has 2 aromatic rings. The van der Waals surface area contributed by atoms with Crippen molar-refractivity contribution in [3.05, 3.63) is 36.7 Å². The summed E-state index contributed by atoms with van der Waals surface area (Å²) in [6, 6.07) is 8.36. The van der Waals surface area contributed by atoms with Crippen molar-refractivity contribution in [1.82, 2.24) is 4.57 Å². The Morgan fingerprint density at radius 2 is 2.00 bits per heavy atom. The van der Waals surface area contributed by atoms with E-state index < -0.39 is 5.97 Å². The van der Waals surface area contributed by atoms with E-state index in [2.05, 4.69) is 53.0 Å². The fraction of sp³-hybridized carbons (Fsp3) is 0.231. The van der Waals surface area contributed by atoms with Gasteiger partial charge in [0, 0.05) is 5.97 Å². The predicted octanol–water partition coefficient (Wildman–Crippen LogP) is 0.713. The molecular weight excluding hydrogens is 216 g/mol. The number of benzene rings is 1. The first-order valence-electron chi connectivity index (χ1n) is 5.32. The van der Waals surface area contributed by atoms with Gasteiger partial charge in [-0.15, -0.1) is 0 Å². The first kappa shape index (κ1) is 13.0. The first-order valence-corrected chi connectivity index (χ1v) is 5.32. The summed E-state index contributed by atoms with van der Waals surface area (Å²) < 4.78 is 4.24. The number of carboxylic acids is 1. The Labute approximate surface area is 100 Å². The molecule has 0 fully saturated rings. The second kappa shape index (κ2) is 5.84. The van der Waals surface area contributed by atoms with Crippen molar-refractivity contribution in [2.45, 2.75) is 13.8 Å². The van der Waals surface area contributed by atoms with E-state index in [4.69, 9.17) is 9.90 Å². The molecule has 0 radical (unpaired) electrons. The Balaban J connectivity index is 0.000000317. The summed E-state index contributed by atoms with van der Waals surface area (Å²) in [7, 11) is 2.06. The van der Waals surface area contributed by atoms with Crippen LogP contribution in [0.3, 0.4) is 0 Å². The zero-order chi connectivity index (χ0) is 12.8. The Hall–Kier alpha value is -2.10. The zero-order valence-electron chi connectivity index (χ0n) is 10.3. The molecule has 0 aliphatic rings. The molecule has 0 spiro atoms. The molecule has 0 unspecified atom stereocenters. The molecule has 17 heavy (non-hydrogen) atoms. The lowest BCUT2D eigenvalue weighted by Gasteiger charge is -1.85. The SMILES string of the molecule is CC(=O)[O-].CC=Cn1c[n+](C)c2ccccc21. The van der Waals surface area contributed by atoms with Crippen molar-refractivity contribution < 1.29 is 14.5 Å². The van der Waals surface area contributed by atoms with Crippen LogP contribution in [0.15, 0.2) is 36.7 Å². The number of carbonyl (C=O) groups is 1. The van der Waals surface area contributed by atoms with Gasteiger partial charge in [0.1, 0.15) is 0 Å². The summed E-state index contributed by atoms with van der Waals surface area (Å²) >= 11 is 0. The molecule has 1 heterocycles. The molecule has 0 aliphatic carbocycles. The molecule has 0 aliphatic heterocycles. The largest absolute Gasteiger partial charge is 0.550 e. The minimum atomic E-state index is -1.08. The molecule has 0 bridgehead atoms. The summed E-state index contributed by atoms with van der Waals surface area (Å²) in [6.07, 6.45) is 6.17. The average Bonchev–Trinajstić information content (AvgIpc) is 2.57. The van der Waals surface area contributed by atoms with Crippen molar-refractivity contribution in [2.75, 3.05) is 0 Å². The molecule has 0 N–H and O–H groups in total. The maximum Gasteiger partial charge on any atom is 0.249 e. The van der Waals surface area contributed by atoms with Gasteiger partial charge in [0.25, 0.3) is 0 Å². The van der Waals surface area contributed by atoms with Crippen LogP contribution >= 0.6 is 0 Å². The summed E-state index contributed by atoms with van der Waals surface area (Å²) in [6.45, 7) is 2.99. The molecule has 1 aromatic carbocycles. The molecule has 90 valence electrons. The number of allylic oxidation sites excluding steroid dienone is 1. The third-order valence-electron chi connectivity index (χ3n) is 2.15. The highest BCUT2D eigenvalue weighted by atomic mass is 16.4. The fourth-order valence-corrected chi connectivity index (χ4v) is 1.57. The Kier molecular flexibility index (Phi) is 4.46. The monoisotopic (exact) mass is 232 g/mol. The molecule has 4 heteroatoms. The highest BCUT2D eigenvalue weighted by molar-refractivity contribution is 5.73. The molecule has 0 saturated carbocycles. The molecule has 1 aromatic heterocycles. The van der Waals surface area contributed by atoms with Gasteiger partial charge in [-0.25, -0.2) is 9.13 Å². The average molecular weight is 232 g/mol. The van der Waals surface area contributed by atoms with Crippen molar-refractivity contribution in [1.29, 1.82) is 0 Å². The van der Waals surface area contributed by atoms with Gasteiger partial charge in [-0.3, -0.25) is 0 Å². The summed E-state index contributed by atoms with van der Waals surface area (Å²) in [5.74, 6) is -1.08. The Bertz CT molecular complexity index is 537. The molecule has 2 rings (SSSR count). The van der Waals surface area contributed by atoms with Gasteiger partial charge in [-0.1, -0.05) is 12.1 Å². The number of carboxylic acid groups (broad SMARTS) is 1. The van der Waals surface area contributed by atoms with Crippen LogP contribution in [0, 0.1) is 0 Å². The van der Waals surface area contributed by atoms with Crippen LogP contribution in [-0.4, -0.2) is 10.5 Å². The van der Waals surface area contributed by atoms with Gasteiger partial charge in [0.2, 0.25) is 6.33 Å².